The van der Waals surface area contributed by atoms with Gasteiger partial charge in [0.1, 0.15) is 11.9 Å². The van der Waals surface area contributed by atoms with Crippen molar-refractivity contribution in [1.82, 2.24) is 9.78 Å². The van der Waals surface area contributed by atoms with E-state index >= 15 is 0 Å². The molecule has 1 atom stereocenters. The van der Waals surface area contributed by atoms with Crippen molar-refractivity contribution >= 4 is 5.82 Å². The molecule has 0 bridgehead atoms. The molecule has 1 heterocycles. The minimum Gasteiger partial charge on any atom is -0.382 e. The van der Waals surface area contributed by atoms with Crippen LogP contribution in [0.3, 0.4) is 0 Å². The van der Waals surface area contributed by atoms with E-state index in [0.717, 1.165) is 0 Å². The van der Waals surface area contributed by atoms with Crippen LogP contribution in [0.1, 0.15) is 6.42 Å². The van der Waals surface area contributed by atoms with Crippen LogP contribution in [0.5, 0.6) is 0 Å². The fraction of sp³-hybridized carbons (Fsp3) is 0.625. The van der Waals surface area contributed by atoms with E-state index in [2.05, 4.69) is 5.10 Å². The number of ether oxygens (including phenoxy) is 1. The third-order valence-electron chi connectivity index (χ3n) is 2.07. The highest BCUT2D eigenvalue weighted by molar-refractivity contribution is 5.23. The number of nitrogen functional groups attached to an aromatic ring is 1. The second kappa shape index (κ2) is 3.20. The van der Waals surface area contributed by atoms with Gasteiger partial charge in [-0.25, -0.2) is 8.78 Å². The number of alkyl halides is 2. The molecule has 1 fully saturated rings. The lowest BCUT2D eigenvalue weighted by Crippen LogP contribution is -2.11. The highest BCUT2D eigenvalue weighted by Crippen LogP contribution is 2.44. The maximum atomic E-state index is 12.4. The molecule has 78 valence electrons. The summed E-state index contributed by atoms with van der Waals surface area (Å²) < 4.78 is 31.2. The molecule has 1 aliphatic rings. The number of halogens is 2. The van der Waals surface area contributed by atoms with Gasteiger partial charge in [-0.1, -0.05) is 0 Å². The molecule has 0 saturated heterocycles. The average molecular weight is 203 g/mol. The Labute approximate surface area is 79.6 Å². The minimum absolute atomic E-state index is 0.158. The van der Waals surface area contributed by atoms with E-state index < -0.39 is 12.0 Å². The molecule has 1 aromatic heterocycles. The molecule has 14 heavy (non-hydrogen) atoms. The average Bonchev–Trinajstić information content (AvgIpc) is 2.53. The first kappa shape index (κ1) is 9.39. The van der Waals surface area contributed by atoms with Gasteiger partial charge in [0.25, 0.3) is 5.92 Å². The van der Waals surface area contributed by atoms with Crippen LogP contribution in [0.4, 0.5) is 14.6 Å². The number of anilines is 1. The summed E-state index contributed by atoms with van der Waals surface area (Å²) >= 11 is 0. The monoisotopic (exact) mass is 203 g/mol. The van der Waals surface area contributed by atoms with Crippen LogP contribution in [0, 0.1) is 0 Å². The highest BCUT2D eigenvalue weighted by Gasteiger charge is 2.58. The number of hydrogen-bond donors (Lipinski definition) is 1. The Morgan fingerprint density at radius 2 is 2.43 bits per heavy atom. The Morgan fingerprint density at radius 3 is 2.93 bits per heavy atom. The first-order valence-electron chi connectivity index (χ1n) is 4.36. The zero-order chi connectivity index (χ0) is 10.2. The van der Waals surface area contributed by atoms with Gasteiger partial charge in [0.2, 0.25) is 0 Å². The van der Waals surface area contributed by atoms with Crippen LogP contribution < -0.4 is 5.73 Å². The first-order valence-corrected chi connectivity index (χ1v) is 4.36. The van der Waals surface area contributed by atoms with Gasteiger partial charge < -0.3 is 10.5 Å². The summed E-state index contributed by atoms with van der Waals surface area (Å²) in [4.78, 5) is 0. The van der Waals surface area contributed by atoms with Crippen molar-refractivity contribution in [3.05, 3.63) is 12.3 Å². The quantitative estimate of drug-likeness (QED) is 0.790. The molecule has 2 rings (SSSR count). The lowest BCUT2D eigenvalue weighted by molar-refractivity contribution is 0.0100. The van der Waals surface area contributed by atoms with Crippen molar-refractivity contribution < 1.29 is 13.5 Å². The molecule has 1 aliphatic carbocycles. The molecule has 6 heteroatoms. The third-order valence-corrected chi connectivity index (χ3v) is 2.07. The summed E-state index contributed by atoms with van der Waals surface area (Å²) in [5.74, 6) is -2.19. The van der Waals surface area contributed by atoms with Gasteiger partial charge >= 0.3 is 0 Å². The molecule has 0 spiro atoms. The van der Waals surface area contributed by atoms with Gasteiger partial charge in [-0.05, 0) is 6.07 Å². The summed E-state index contributed by atoms with van der Waals surface area (Å²) in [5.41, 5.74) is 5.37. The molecule has 1 unspecified atom stereocenters. The smallest absolute Gasteiger partial charge is 0.276 e. The number of hydrogen-bond acceptors (Lipinski definition) is 3. The Kier molecular flexibility index (Phi) is 2.14. The van der Waals surface area contributed by atoms with E-state index in [-0.39, 0.29) is 13.0 Å². The Morgan fingerprint density at radius 1 is 1.71 bits per heavy atom. The van der Waals surface area contributed by atoms with Crippen molar-refractivity contribution in [1.29, 1.82) is 0 Å². The zero-order valence-corrected chi connectivity index (χ0v) is 7.49. The van der Waals surface area contributed by atoms with Gasteiger partial charge in [0, 0.05) is 12.6 Å². The predicted octanol–water partition coefficient (Wildman–Crippen LogP) is 0.890. The highest BCUT2D eigenvalue weighted by atomic mass is 19.3. The molecule has 0 amide bonds. The SMILES string of the molecule is Nc1ccn(CCOC2CC2(F)F)n1. The molecular weight excluding hydrogens is 192 g/mol. The fourth-order valence-corrected chi connectivity index (χ4v) is 1.16. The van der Waals surface area contributed by atoms with E-state index in [1.54, 1.807) is 16.9 Å². The van der Waals surface area contributed by atoms with E-state index in [0.29, 0.717) is 12.4 Å². The van der Waals surface area contributed by atoms with E-state index in [9.17, 15) is 8.78 Å². The first-order chi connectivity index (χ1) is 6.58. The topological polar surface area (TPSA) is 53.1 Å². The lowest BCUT2D eigenvalue weighted by atomic mass is 10.6. The number of aromatic nitrogens is 2. The Bertz CT molecular complexity index is 326. The maximum absolute atomic E-state index is 12.4. The van der Waals surface area contributed by atoms with Crippen LogP contribution in [0.2, 0.25) is 0 Å². The lowest BCUT2D eigenvalue weighted by Gasteiger charge is -2.02. The summed E-state index contributed by atoms with van der Waals surface area (Å²) in [7, 11) is 0. The molecule has 4 nitrogen and oxygen atoms in total. The van der Waals surface area contributed by atoms with E-state index in [4.69, 9.17) is 10.5 Å². The van der Waals surface area contributed by atoms with Crippen molar-refractivity contribution in [2.45, 2.75) is 25.0 Å². The summed E-state index contributed by atoms with van der Waals surface area (Å²) in [6.45, 7) is 0.686. The van der Waals surface area contributed by atoms with Crippen LogP contribution in [0.15, 0.2) is 12.3 Å². The zero-order valence-electron chi connectivity index (χ0n) is 7.49. The van der Waals surface area contributed by atoms with Crippen LogP contribution in [0.25, 0.3) is 0 Å². The number of nitrogens with zero attached hydrogens (tertiary/aromatic N) is 2. The van der Waals surface area contributed by atoms with Crippen LogP contribution >= 0.6 is 0 Å². The van der Waals surface area contributed by atoms with E-state index in [1.165, 1.54) is 0 Å². The molecule has 2 N–H and O–H groups in total. The summed E-state index contributed by atoms with van der Waals surface area (Å²) in [6.07, 6.45) is 0.633. The minimum atomic E-state index is -2.61. The number of nitrogens with two attached hydrogens (primary N) is 1. The van der Waals surface area contributed by atoms with Gasteiger partial charge in [-0.3, -0.25) is 4.68 Å². The molecule has 0 aromatic carbocycles. The van der Waals surface area contributed by atoms with Gasteiger partial charge in [-0.15, -0.1) is 0 Å². The second-order valence-electron chi connectivity index (χ2n) is 3.33. The Balaban J connectivity index is 1.69. The standard InChI is InChI=1S/C8H11F2N3O/c9-8(10)5-6(8)14-4-3-13-2-1-7(11)12-13/h1-2,6H,3-5H2,(H2,11,12). The third kappa shape index (κ3) is 2.01. The molecule has 1 saturated carbocycles. The largest absolute Gasteiger partial charge is 0.382 e. The molecular formula is C8H11F2N3O. The van der Waals surface area contributed by atoms with Gasteiger partial charge in [-0.2, -0.15) is 5.10 Å². The molecule has 1 aromatic rings. The van der Waals surface area contributed by atoms with Crippen LogP contribution in [-0.2, 0) is 11.3 Å². The normalized spacial score (nSPS) is 23.7. The molecule has 0 radical (unpaired) electrons. The van der Waals surface area contributed by atoms with Crippen molar-refractivity contribution in [2.24, 2.45) is 0 Å². The van der Waals surface area contributed by atoms with E-state index in [1.807, 2.05) is 0 Å². The Hall–Kier alpha value is -1.17. The fourth-order valence-electron chi connectivity index (χ4n) is 1.16. The maximum Gasteiger partial charge on any atom is 0.276 e. The summed E-state index contributed by atoms with van der Waals surface area (Å²) in [6, 6.07) is 1.64. The van der Waals surface area contributed by atoms with Gasteiger partial charge in [0.15, 0.2) is 0 Å². The van der Waals surface area contributed by atoms with Gasteiger partial charge in [0.05, 0.1) is 13.2 Å². The predicted molar refractivity (Wildman–Crippen MR) is 45.9 cm³/mol. The van der Waals surface area contributed by atoms with Crippen molar-refractivity contribution in [3.8, 4) is 0 Å². The summed E-state index contributed by atoms with van der Waals surface area (Å²) in [5, 5.41) is 3.89. The second-order valence-corrected chi connectivity index (χ2v) is 3.33. The number of rotatable bonds is 4. The molecule has 0 aliphatic heterocycles. The van der Waals surface area contributed by atoms with Crippen molar-refractivity contribution in [2.75, 3.05) is 12.3 Å². The van der Waals surface area contributed by atoms with Crippen LogP contribution in [-0.4, -0.2) is 28.4 Å². The van der Waals surface area contributed by atoms with Crippen molar-refractivity contribution in [3.63, 3.8) is 0 Å².